The minimum absolute atomic E-state index is 0.119. The van der Waals surface area contributed by atoms with Gasteiger partial charge in [-0.2, -0.15) is 0 Å². The highest BCUT2D eigenvalue weighted by molar-refractivity contribution is 5.77. The summed E-state index contributed by atoms with van der Waals surface area (Å²) < 4.78 is 30.9. The molecular weight excluding hydrogens is 312 g/mol. The lowest BCUT2D eigenvalue weighted by Gasteiger charge is -2.09. The van der Waals surface area contributed by atoms with E-state index in [1.165, 1.54) is 11.6 Å². The number of ether oxygens (including phenoxy) is 1. The Morgan fingerprint density at radius 3 is 2.42 bits per heavy atom. The molecule has 128 valence electrons. The highest BCUT2D eigenvalue weighted by Crippen LogP contribution is 2.16. The molecule has 0 aliphatic carbocycles. The summed E-state index contributed by atoms with van der Waals surface area (Å²) in [5.41, 5.74) is 2.42. The Kier molecular flexibility index (Phi) is 6.29. The van der Waals surface area contributed by atoms with E-state index in [2.05, 4.69) is 43.4 Å². The summed E-state index contributed by atoms with van der Waals surface area (Å²) in [6.07, 6.45) is 0.718. The van der Waals surface area contributed by atoms with Gasteiger partial charge < -0.3 is 10.1 Å². The molecule has 2 aromatic carbocycles. The molecule has 0 bridgehead atoms. The zero-order chi connectivity index (χ0) is 17.5. The summed E-state index contributed by atoms with van der Waals surface area (Å²) in [6, 6.07) is 11.4. The van der Waals surface area contributed by atoms with Crippen molar-refractivity contribution in [2.45, 2.75) is 26.2 Å². The van der Waals surface area contributed by atoms with Crippen LogP contribution in [0, 0.1) is 11.6 Å². The molecule has 0 heterocycles. The number of amides is 1. The highest BCUT2D eigenvalue weighted by atomic mass is 19.2. The van der Waals surface area contributed by atoms with Crippen LogP contribution in [-0.2, 0) is 11.2 Å². The van der Waals surface area contributed by atoms with Crippen LogP contribution < -0.4 is 10.1 Å². The summed E-state index contributed by atoms with van der Waals surface area (Å²) in [6.45, 7) is 4.53. The van der Waals surface area contributed by atoms with Crippen LogP contribution >= 0.6 is 0 Å². The fraction of sp³-hybridized carbons (Fsp3) is 0.316. The second-order valence-corrected chi connectivity index (χ2v) is 5.86. The van der Waals surface area contributed by atoms with E-state index in [9.17, 15) is 13.6 Å². The van der Waals surface area contributed by atoms with E-state index < -0.39 is 11.6 Å². The highest BCUT2D eigenvalue weighted by Gasteiger charge is 2.06. The van der Waals surface area contributed by atoms with Gasteiger partial charge in [0.15, 0.2) is 18.2 Å². The average Bonchev–Trinajstić information content (AvgIpc) is 2.56. The van der Waals surface area contributed by atoms with E-state index >= 15 is 0 Å². The first-order valence-electron chi connectivity index (χ1n) is 7.89. The molecule has 2 rings (SSSR count). The lowest BCUT2D eigenvalue weighted by atomic mass is 10.0. The molecule has 0 radical (unpaired) electrons. The van der Waals surface area contributed by atoms with Crippen LogP contribution in [0.4, 0.5) is 8.78 Å². The first-order chi connectivity index (χ1) is 11.5. The maximum Gasteiger partial charge on any atom is 0.257 e. The normalized spacial score (nSPS) is 10.7. The van der Waals surface area contributed by atoms with Gasteiger partial charge in [0.05, 0.1) is 0 Å². The predicted molar refractivity (Wildman–Crippen MR) is 89.1 cm³/mol. The number of carbonyl (C=O) groups is 1. The third-order valence-electron chi connectivity index (χ3n) is 3.64. The second kappa shape index (κ2) is 8.43. The summed E-state index contributed by atoms with van der Waals surface area (Å²) in [5, 5.41) is 2.73. The van der Waals surface area contributed by atoms with Crippen LogP contribution in [0.1, 0.15) is 30.9 Å². The number of halogens is 2. The van der Waals surface area contributed by atoms with Crippen LogP contribution in [0.3, 0.4) is 0 Å². The molecular formula is C19H21F2NO2. The smallest absolute Gasteiger partial charge is 0.257 e. The fourth-order valence-corrected chi connectivity index (χ4v) is 2.18. The van der Waals surface area contributed by atoms with Gasteiger partial charge in [0.25, 0.3) is 5.91 Å². The quantitative estimate of drug-likeness (QED) is 0.836. The zero-order valence-electron chi connectivity index (χ0n) is 13.8. The molecule has 3 nitrogen and oxygen atoms in total. The predicted octanol–water partition coefficient (Wildman–Crippen LogP) is 3.83. The molecule has 0 saturated heterocycles. The number of hydrogen-bond donors (Lipinski definition) is 1. The number of rotatable bonds is 7. The Bertz CT molecular complexity index is 684. The average molecular weight is 333 g/mol. The van der Waals surface area contributed by atoms with Crippen molar-refractivity contribution in [2.24, 2.45) is 0 Å². The molecule has 2 aromatic rings. The molecule has 1 amide bonds. The van der Waals surface area contributed by atoms with Gasteiger partial charge >= 0.3 is 0 Å². The number of nitrogens with one attached hydrogen (secondary N) is 1. The third kappa shape index (κ3) is 5.33. The van der Waals surface area contributed by atoms with Gasteiger partial charge in [-0.1, -0.05) is 38.1 Å². The van der Waals surface area contributed by atoms with Crippen molar-refractivity contribution in [3.05, 3.63) is 65.2 Å². The minimum atomic E-state index is -1.00. The summed E-state index contributed by atoms with van der Waals surface area (Å²) in [5.74, 6) is -1.65. The second-order valence-electron chi connectivity index (χ2n) is 5.86. The van der Waals surface area contributed by atoms with Crippen molar-refractivity contribution in [3.8, 4) is 5.75 Å². The third-order valence-corrected chi connectivity index (χ3v) is 3.64. The van der Waals surface area contributed by atoms with Gasteiger partial charge in [0.1, 0.15) is 5.75 Å². The van der Waals surface area contributed by atoms with Gasteiger partial charge in [0, 0.05) is 12.6 Å². The van der Waals surface area contributed by atoms with Gasteiger partial charge in [-0.25, -0.2) is 8.78 Å². The maximum absolute atomic E-state index is 13.0. The van der Waals surface area contributed by atoms with Crippen LogP contribution in [0.2, 0.25) is 0 Å². The van der Waals surface area contributed by atoms with Crippen LogP contribution in [0.5, 0.6) is 5.75 Å². The Balaban J connectivity index is 1.72. The number of carbonyl (C=O) groups excluding carboxylic acids is 1. The van der Waals surface area contributed by atoms with Crippen molar-refractivity contribution in [1.29, 1.82) is 0 Å². The van der Waals surface area contributed by atoms with Crippen molar-refractivity contribution < 1.29 is 18.3 Å². The first kappa shape index (κ1) is 17.9. The molecule has 1 N–H and O–H groups in total. The number of hydrogen-bond acceptors (Lipinski definition) is 2. The van der Waals surface area contributed by atoms with E-state index in [-0.39, 0.29) is 18.3 Å². The van der Waals surface area contributed by atoms with Crippen LogP contribution in [-0.4, -0.2) is 19.1 Å². The summed E-state index contributed by atoms with van der Waals surface area (Å²) >= 11 is 0. The van der Waals surface area contributed by atoms with E-state index in [0.29, 0.717) is 12.5 Å². The van der Waals surface area contributed by atoms with E-state index in [1.54, 1.807) is 0 Å². The molecule has 0 aliphatic heterocycles. The SMILES string of the molecule is CC(C)c1ccc(CCNC(=O)COc2ccc(F)c(F)c2)cc1. The van der Waals surface area contributed by atoms with Crippen molar-refractivity contribution in [1.82, 2.24) is 5.32 Å². The van der Waals surface area contributed by atoms with Crippen LogP contribution in [0.15, 0.2) is 42.5 Å². The van der Waals surface area contributed by atoms with Crippen molar-refractivity contribution in [2.75, 3.05) is 13.2 Å². The van der Waals surface area contributed by atoms with E-state index in [0.717, 1.165) is 24.1 Å². The topological polar surface area (TPSA) is 38.3 Å². The van der Waals surface area contributed by atoms with Gasteiger partial charge in [-0.3, -0.25) is 4.79 Å². The molecule has 0 unspecified atom stereocenters. The molecule has 0 saturated carbocycles. The Hall–Kier alpha value is -2.43. The van der Waals surface area contributed by atoms with E-state index in [1.807, 2.05) is 0 Å². The molecule has 0 spiro atoms. The largest absolute Gasteiger partial charge is 0.484 e. The zero-order valence-corrected chi connectivity index (χ0v) is 13.8. The van der Waals surface area contributed by atoms with Gasteiger partial charge in [-0.15, -0.1) is 0 Å². The monoisotopic (exact) mass is 333 g/mol. The maximum atomic E-state index is 13.0. The summed E-state index contributed by atoms with van der Waals surface area (Å²) in [4.78, 5) is 11.7. The fourth-order valence-electron chi connectivity index (χ4n) is 2.18. The first-order valence-corrected chi connectivity index (χ1v) is 7.89. The van der Waals surface area contributed by atoms with Gasteiger partial charge in [-0.05, 0) is 35.6 Å². The molecule has 0 fully saturated rings. The standard InChI is InChI=1S/C19H21F2NO2/c1-13(2)15-5-3-14(4-6-15)9-10-22-19(23)12-24-16-7-8-17(20)18(21)11-16/h3-8,11,13H,9-10,12H2,1-2H3,(H,22,23). The Morgan fingerprint density at radius 2 is 1.79 bits per heavy atom. The molecule has 5 heteroatoms. The lowest BCUT2D eigenvalue weighted by molar-refractivity contribution is -0.123. The lowest BCUT2D eigenvalue weighted by Crippen LogP contribution is -2.30. The molecule has 0 atom stereocenters. The Morgan fingerprint density at radius 1 is 1.08 bits per heavy atom. The Labute approximate surface area is 140 Å². The summed E-state index contributed by atoms with van der Waals surface area (Å²) in [7, 11) is 0. The number of benzene rings is 2. The van der Waals surface area contributed by atoms with Crippen molar-refractivity contribution in [3.63, 3.8) is 0 Å². The van der Waals surface area contributed by atoms with Crippen LogP contribution in [0.25, 0.3) is 0 Å². The van der Waals surface area contributed by atoms with E-state index in [4.69, 9.17) is 4.74 Å². The molecule has 0 aromatic heterocycles. The van der Waals surface area contributed by atoms with Gasteiger partial charge in [0.2, 0.25) is 0 Å². The molecule has 24 heavy (non-hydrogen) atoms. The van der Waals surface area contributed by atoms with Crippen molar-refractivity contribution >= 4 is 5.91 Å². The minimum Gasteiger partial charge on any atom is -0.484 e. The molecule has 0 aliphatic rings.